The van der Waals surface area contributed by atoms with E-state index in [1.807, 2.05) is 0 Å². The molecule has 4 rings (SSSR count). The number of aliphatic hydroxyl groups is 1. The first kappa shape index (κ1) is 20.9. The number of fused-ring (bicyclic) bond motifs is 1. The maximum Gasteiger partial charge on any atom is 0.417 e. The van der Waals surface area contributed by atoms with Crippen LogP contribution in [0.15, 0.2) is 17.1 Å². The van der Waals surface area contributed by atoms with E-state index in [0.29, 0.717) is 25.7 Å². The number of hydrogen-bond acceptors (Lipinski definition) is 5. The Bertz CT molecular complexity index is 1030. The van der Waals surface area contributed by atoms with Crippen molar-refractivity contribution < 1.29 is 23.1 Å². The Kier molecular flexibility index (Phi) is 5.35. The van der Waals surface area contributed by atoms with E-state index >= 15 is 0 Å². The van der Waals surface area contributed by atoms with Crippen molar-refractivity contribution in [2.45, 2.75) is 50.6 Å². The van der Waals surface area contributed by atoms with Gasteiger partial charge in [-0.1, -0.05) is 11.6 Å². The second-order valence-electron chi connectivity index (χ2n) is 7.46. The summed E-state index contributed by atoms with van der Waals surface area (Å²) in [5, 5.41) is 14.2. The minimum absolute atomic E-state index is 0.0270. The summed E-state index contributed by atoms with van der Waals surface area (Å²) in [6.07, 6.45) is -2.59. The summed E-state index contributed by atoms with van der Waals surface area (Å²) >= 11 is 5.94. The van der Waals surface area contributed by atoms with Gasteiger partial charge in [-0.3, -0.25) is 14.3 Å². The van der Waals surface area contributed by atoms with E-state index in [-0.39, 0.29) is 35.4 Å². The van der Waals surface area contributed by atoms with Gasteiger partial charge >= 0.3 is 11.9 Å². The van der Waals surface area contributed by atoms with Crippen LogP contribution in [-0.2, 0) is 17.5 Å². The number of aromatic nitrogens is 4. The van der Waals surface area contributed by atoms with Gasteiger partial charge in [-0.25, -0.2) is 9.48 Å². The highest BCUT2D eigenvalue weighted by Crippen LogP contribution is 2.33. The molecule has 1 amide bonds. The molecule has 4 heterocycles. The summed E-state index contributed by atoms with van der Waals surface area (Å²) in [4.78, 5) is 31.3. The molecular formula is C18H19ClF3N5O3. The van der Waals surface area contributed by atoms with Gasteiger partial charge in [0.2, 0.25) is 5.91 Å². The number of carbonyl (C=O) groups excluding carboxylic acids is 1. The maximum atomic E-state index is 13.0. The van der Waals surface area contributed by atoms with Crippen LogP contribution in [-0.4, -0.2) is 48.3 Å². The van der Waals surface area contributed by atoms with Gasteiger partial charge in [0.15, 0.2) is 5.82 Å². The Morgan fingerprint density at radius 1 is 1.27 bits per heavy atom. The van der Waals surface area contributed by atoms with Crippen LogP contribution in [0.4, 0.5) is 13.2 Å². The average molecular weight is 446 g/mol. The summed E-state index contributed by atoms with van der Waals surface area (Å²) in [7, 11) is 0. The Labute approximate surface area is 173 Å². The molecule has 0 bridgehead atoms. The standard InChI is InChI=1S/C18H19ClF3N5O3/c19-11-7-10(18(20,21)22)8-23-12(11)9-26-17(30)27-13(3-4-14(28)15(27)24-26)16(29)25-5-1-2-6-25/h7-8,13-14,28H,1-6,9H2. The van der Waals surface area contributed by atoms with Gasteiger partial charge in [-0.2, -0.15) is 18.3 Å². The summed E-state index contributed by atoms with van der Waals surface area (Å²) < 4.78 is 40.6. The highest BCUT2D eigenvalue weighted by molar-refractivity contribution is 6.31. The number of pyridine rings is 1. The topological polar surface area (TPSA) is 93.2 Å². The first-order chi connectivity index (χ1) is 14.2. The van der Waals surface area contributed by atoms with Crippen molar-refractivity contribution in [3.05, 3.63) is 44.9 Å². The number of likely N-dealkylation sites (tertiary alicyclic amines) is 1. The number of hydrogen-bond donors (Lipinski definition) is 1. The summed E-state index contributed by atoms with van der Waals surface area (Å²) in [6, 6.07) is -0.0294. The fourth-order valence-corrected chi connectivity index (χ4v) is 4.12. The molecule has 8 nitrogen and oxygen atoms in total. The van der Waals surface area contributed by atoms with Crippen LogP contribution in [0.1, 0.15) is 54.9 Å². The lowest BCUT2D eigenvalue weighted by atomic mass is 10.0. The number of amides is 1. The van der Waals surface area contributed by atoms with Crippen molar-refractivity contribution in [3.63, 3.8) is 0 Å². The predicted octanol–water partition coefficient (Wildman–Crippen LogP) is 2.15. The minimum atomic E-state index is -4.59. The molecule has 2 aliphatic heterocycles. The second-order valence-corrected chi connectivity index (χ2v) is 7.87. The molecule has 0 saturated carbocycles. The molecule has 162 valence electrons. The quantitative estimate of drug-likeness (QED) is 0.781. The third kappa shape index (κ3) is 3.71. The summed E-state index contributed by atoms with van der Waals surface area (Å²) in [6.45, 7) is 0.968. The lowest BCUT2D eigenvalue weighted by molar-refractivity contribution is -0.138. The first-order valence-corrected chi connectivity index (χ1v) is 9.92. The molecule has 1 saturated heterocycles. The molecule has 2 unspecified atom stereocenters. The van der Waals surface area contributed by atoms with Gasteiger partial charge in [0, 0.05) is 19.3 Å². The zero-order valence-corrected chi connectivity index (χ0v) is 16.5. The molecule has 1 fully saturated rings. The summed E-state index contributed by atoms with van der Waals surface area (Å²) in [5.41, 5.74) is -1.61. The molecule has 30 heavy (non-hydrogen) atoms. The largest absolute Gasteiger partial charge is 0.417 e. The van der Waals surface area contributed by atoms with Crippen molar-refractivity contribution in [2.24, 2.45) is 0 Å². The molecule has 2 aromatic heterocycles. The van der Waals surface area contributed by atoms with Gasteiger partial charge in [-0.05, 0) is 31.7 Å². The third-order valence-electron chi connectivity index (χ3n) is 5.47. The van der Waals surface area contributed by atoms with Crippen LogP contribution in [0.5, 0.6) is 0 Å². The third-order valence-corrected chi connectivity index (χ3v) is 5.79. The number of halogens is 4. The zero-order chi connectivity index (χ0) is 21.6. The van der Waals surface area contributed by atoms with Crippen LogP contribution >= 0.6 is 11.6 Å². The number of carbonyl (C=O) groups is 1. The van der Waals surface area contributed by atoms with Gasteiger partial charge in [0.25, 0.3) is 0 Å². The molecule has 2 aliphatic rings. The molecule has 0 radical (unpaired) electrons. The average Bonchev–Trinajstić information content (AvgIpc) is 3.32. The van der Waals surface area contributed by atoms with Crippen molar-refractivity contribution in [2.75, 3.05) is 13.1 Å². The van der Waals surface area contributed by atoms with Gasteiger partial charge < -0.3 is 10.0 Å². The lowest BCUT2D eigenvalue weighted by Crippen LogP contribution is -2.42. The highest BCUT2D eigenvalue weighted by atomic mass is 35.5. The Morgan fingerprint density at radius 2 is 1.97 bits per heavy atom. The van der Waals surface area contributed by atoms with Crippen LogP contribution in [0.25, 0.3) is 0 Å². The SMILES string of the molecule is O=C(C1CCC(O)c2nn(Cc3ncc(C(F)(F)F)cc3Cl)c(=O)n21)N1CCCC1. The number of aliphatic hydroxyl groups excluding tert-OH is 1. The van der Waals surface area contributed by atoms with E-state index in [1.165, 1.54) is 4.57 Å². The van der Waals surface area contributed by atoms with E-state index in [2.05, 4.69) is 10.1 Å². The van der Waals surface area contributed by atoms with E-state index in [1.54, 1.807) is 4.90 Å². The van der Waals surface area contributed by atoms with Gasteiger partial charge in [-0.15, -0.1) is 0 Å². The maximum absolute atomic E-state index is 13.0. The first-order valence-electron chi connectivity index (χ1n) is 9.54. The second kappa shape index (κ2) is 7.69. The molecule has 0 aromatic carbocycles. The van der Waals surface area contributed by atoms with Crippen molar-refractivity contribution in [1.82, 2.24) is 24.2 Å². The molecule has 0 aliphatic carbocycles. The molecule has 2 aromatic rings. The number of alkyl halides is 3. The Balaban J connectivity index is 1.66. The number of rotatable bonds is 3. The predicted molar refractivity (Wildman–Crippen MR) is 98.9 cm³/mol. The van der Waals surface area contributed by atoms with Crippen LogP contribution in [0.3, 0.4) is 0 Å². The molecular weight excluding hydrogens is 427 g/mol. The Hall–Kier alpha value is -2.40. The van der Waals surface area contributed by atoms with E-state index < -0.39 is 29.6 Å². The van der Waals surface area contributed by atoms with Gasteiger partial charge in [0.05, 0.1) is 22.8 Å². The van der Waals surface area contributed by atoms with E-state index in [9.17, 15) is 27.9 Å². The Morgan fingerprint density at radius 3 is 2.60 bits per heavy atom. The fraction of sp³-hybridized carbons (Fsp3) is 0.556. The molecule has 0 spiro atoms. The molecule has 1 N–H and O–H groups in total. The number of nitrogens with zero attached hydrogens (tertiary/aromatic N) is 5. The fourth-order valence-electron chi connectivity index (χ4n) is 3.90. The highest BCUT2D eigenvalue weighted by Gasteiger charge is 2.37. The molecule has 2 atom stereocenters. The zero-order valence-electron chi connectivity index (χ0n) is 15.8. The van der Waals surface area contributed by atoms with E-state index in [4.69, 9.17) is 11.6 Å². The normalized spacial score (nSPS) is 21.7. The van der Waals surface area contributed by atoms with Crippen molar-refractivity contribution >= 4 is 17.5 Å². The van der Waals surface area contributed by atoms with Crippen LogP contribution in [0, 0.1) is 0 Å². The summed E-state index contributed by atoms with van der Waals surface area (Å²) in [5.74, 6) is -0.125. The van der Waals surface area contributed by atoms with E-state index in [0.717, 1.165) is 23.6 Å². The van der Waals surface area contributed by atoms with Crippen molar-refractivity contribution in [1.29, 1.82) is 0 Å². The lowest BCUT2D eigenvalue weighted by Gasteiger charge is -2.29. The molecule has 12 heteroatoms. The van der Waals surface area contributed by atoms with Crippen LogP contribution in [0.2, 0.25) is 5.02 Å². The smallest absolute Gasteiger partial charge is 0.385 e. The monoisotopic (exact) mass is 445 g/mol. The van der Waals surface area contributed by atoms with Crippen molar-refractivity contribution in [3.8, 4) is 0 Å². The minimum Gasteiger partial charge on any atom is -0.385 e. The van der Waals surface area contributed by atoms with Gasteiger partial charge in [0.1, 0.15) is 12.1 Å². The van der Waals surface area contributed by atoms with Crippen LogP contribution < -0.4 is 5.69 Å².